The van der Waals surface area contributed by atoms with Gasteiger partial charge in [-0.2, -0.15) is 0 Å². The van der Waals surface area contributed by atoms with Gasteiger partial charge in [-0.3, -0.25) is 0 Å². The average Bonchev–Trinajstić information content (AvgIpc) is 2.81. The van der Waals surface area contributed by atoms with Gasteiger partial charge >= 0.3 is 0 Å². The molecule has 1 aromatic rings. The summed E-state index contributed by atoms with van der Waals surface area (Å²) in [6, 6.07) is 4.40. The number of thiocarbonyl (C=S) groups is 1. The van der Waals surface area contributed by atoms with Crippen LogP contribution in [0.4, 0.5) is 0 Å². The zero-order valence-electron chi connectivity index (χ0n) is 11.8. The van der Waals surface area contributed by atoms with Crippen molar-refractivity contribution in [2.75, 3.05) is 6.54 Å². The van der Waals surface area contributed by atoms with Gasteiger partial charge in [-0.1, -0.05) is 43.6 Å². The van der Waals surface area contributed by atoms with Crippen LogP contribution in [0.5, 0.6) is 0 Å². The first-order valence-electron chi connectivity index (χ1n) is 6.90. The van der Waals surface area contributed by atoms with Crippen LogP contribution in [0.3, 0.4) is 0 Å². The van der Waals surface area contributed by atoms with E-state index in [0.717, 1.165) is 6.42 Å². The smallest absolute Gasteiger partial charge is 0.240 e. The Morgan fingerprint density at radius 3 is 2.71 bits per heavy atom. The number of hydrogen-bond acceptors (Lipinski definition) is 3. The van der Waals surface area contributed by atoms with E-state index in [1.54, 1.807) is 0 Å². The van der Waals surface area contributed by atoms with Crippen LogP contribution in [-0.4, -0.2) is 20.0 Å². The van der Waals surface area contributed by atoms with E-state index in [9.17, 15) is 8.42 Å². The molecule has 0 spiro atoms. The van der Waals surface area contributed by atoms with E-state index in [4.69, 9.17) is 29.6 Å². The van der Waals surface area contributed by atoms with Crippen molar-refractivity contribution >= 4 is 38.8 Å². The van der Waals surface area contributed by atoms with Crippen molar-refractivity contribution in [2.24, 2.45) is 17.6 Å². The quantitative estimate of drug-likeness (QED) is 0.804. The first-order chi connectivity index (χ1) is 9.81. The number of sulfonamides is 1. The second-order valence-corrected chi connectivity index (χ2v) is 8.14. The van der Waals surface area contributed by atoms with Crippen LogP contribution in [-0.2, 0) is 10.0 Å². The monoisotopic (exact) mass is 346 g/mol. The molecule has 0 aliphatic heterocycles. The minimum atomic E-state index is -3.55. The summed E-state index contributed by atoms with van der Waals surface area (Å²) in [5.74, 6) is 0.972. The summed E-state index contributed by atoms with van der Waals surface area (Å²) in [6.07, 6.45) is 3.41. The minimum Gasteiger partial charge on any atom is -0.389 e. The average molecular weight is 347 g/mol. The molecule has 0 aromatic heterocycles. The Balaban J connectivity index is 2.12. The maximum atomic E-state index is 12.3. The first-order valence-corrected chi connectivity index (χ1v) is 9.17. The van der Waals surface area contributed by atoms with E-state index in [1.807, 2.05) is 0 Å². The predicted molar refractivity (Wildman–Crippen MR) is 89.0 cm³/mol. The van der Waals surface area contributed by atoms with Crippen LogP contribution in [0, 0.1) is 11.8 Å². The van der Waals surface area contributed by atoms with E-state index < -0.39 is 10.0 Å². The minimum absolute atomic E-state index is 0.137. The third-order valence-corrected chi connectivity index (χ3v) is 6.04. The topological polar surface area (TPSA) is 72.2 Å². The Morgan fingerprint density at radius 2 is 2.19 bits per heavy atom. The molecule has 0 bridgehead atoms. The fourth-order valence-corrected chi connectivity index (χ4v) is 4.39. The number of rotatable bonds is 5. The van der Waals surface area contributed by atoms with Crippen LogP contribution in [0.1, 0.15) is 31.7 Å². The molecule has 0 heterocycles. The van der Waals surface area contributed by atoms with Crippen molar-refractivity contribution < 1.29 is 8.42 Å². The largest absolute Gasteiger partial charge is 0.389 e. The molecular weight excluding hydrogens is 328 g/mol. The summed E-state index contributed by atoms with van der Waals surface area (Å²) in [7, 11) is -3.55. The standard InChI is InChI=1S/C14H19ClN2O2S2/c1-9-3-2-4-10(9)8-17-21(18,19)11-5-6-12(14(16)20)13(15)7-11/h5-7,9-10,17H,2-4,8H2,1H3,(H2,16,20). The molecule has 2 unspecified atom stereocenters. The van der Waals surface area contributed by atoms with Crippen LogP contribution >= 0.6 is 23.8 Å². The fourth-order valence-electron chi connectivity index (χ4n) is 2.69. The van der Waals surface area contributed by atoms with Crippen molar-refractivity contribution in [3.05, 3.63) is 28.8 Å². The number of nitrogens with two attached hydrogens (primary N) is 1. The zero-order chi connectivity index (χ0) is 15.6. The van der Waals surface area contributed by atoms with Crippen molar-refractivity contribution in [3.8, 4) is 0 Å². The molecule has 116 valence electrons. The van der Waals surface area contributed by atoms with Gasteiger partial charge < -0.3 is 5.73 Å². The Labute approximate surface area is 136 Å². The normalized spacial score (nSPS) is 22.4. The molecule has 0 radical (unpaired) electrons. The Hall–Kier alpha value is -0.690. The lowest BCUT2D eigenvalue weighted by atomic mass is 9.99. The third kappa shape index (κ3) is 3.94. The summed E-state index contributed by atoms with van der Waals surface area (Å²) in [5.41, 5.74) is 5.99. The third-order valence-electron chi connectivity index (χ3n) is 4.09. The highest BCUT2D eigenvalue weighted by molar-refractivity contribution is 7.89. The van der Waals surface area contributed by atoms with Crippen LogP contribution in [0.25, 0.3) is 0 Å². The molecular formula is C14H19ClN2O2S2. The van der Waals surface area contributed by atoms with Crippen LogP contribution < -0.4 is 10.5 Å². The second kappa shape index (κ2) is 6.60. The lowest BCUT2D eigenvalue weighted by molar-refractivity contribution is 0.414. The van der Waals surface area contributed by atoms with E-state index in [0.29, 0.717) is 23.9 Å². The Kier molecular flexibility index (Phi) is 5.24. The van der Waals surface area contributed by atoms with Crippen molar-refractivity contribution in [3.63, 3.8) is 0 Å². The number of hydrogen-bond donors (Lipinski definition) is 2. The van der Waals surface area contributed by atoms with Gasteiger partial charge in [-0.05, 0) is 36.5 Å². The molecule has 1 aromatic carbocycles. The summed E-state index contributed by atoms with van der Waals surface area (Å²) >= 11 is 10.9. The summed E-state index contributed by atoms with van der Waals surface area (Å²) < 4.78 is 27.3. The highest BCUT2D eigenvalue weighted by Gasteiger charge is 2.25. The van der Waals surface area contributed by atoms with Gasteiger partial charge in [0, 0.05) is 12.1 Å². The molecule has 2 rings (SSSR count). The van der Waals surface area contributed by atoms with Gasteiger partial charge in [0.15, 0.2) is 0 Å². The van der Waals surface area contributed by atoms with E-state index in [-0.39, 0.29) is 14.9 Å². The van der Waals surface area contributed by atoms with Gasteiger partial charge in [0.25, 0.3) is 0 Å². The first kappa shape index (κ1) is 16.7. The highest BCUT2D eigenvalue weighted by atomic mass is 35.5. The Morgan fingerprint density at radius 1 is 1.48 bits per heavy atom. The molecule has 1 fully saturated rings. The molecule has 2 atom stereocenters. The fraction of sp³-hybridized carbons (Fsp3) is 0.500. The predicted octanol–water partition coefficient (Wildman–Crippen LogP) is 2.69. The van der Waals surface area contributed by atoms with Crippen LogP contribution in [0.2, 0.25) is 5.02 Å². The van der Waals surface area contributed by atoms with E-state index >= 15 is 0 Å². The maximum absolute atomic E-state index is 12.3. The molecule has 1 aliphatic rings. The molecule has 0 amide bonds. The van der Waals surface area contributed by atoms with E-state index in [2.05, 4.69) is 11.6 Å². The van der Waals surface area contributed by atoms with Crippen molar-refractivity contribution in [2.45, 2.75) is 31.1 Å². The van der Waals surface area contributed by atoms with Gasteiger partial charge in [-0.25, -0.2) is 13.1 Å². The van der Waals surface area contributed by atoms with Gasteiger partial charge in [0.05, 0.1) is 9.92 Å². The van der Waals surface area contributed by atoms with Crippen molar-refractivity contribution in [1.82, 2.24) is 4.72 Å². The molecule has 7 heteroatoms. The SMILES string of the molecule is CC1CCCC1CNS(=O)(=O)c1ccc(C(N)=S)c(Cl)c1. The number of benzene rings is 1. The summed E-state index contributed by atoms with van der Waals surface area (Å²) in [6.45, 7) is 2.64. The number of halogens is 1. The Bertz CT molecular complexity index is 646. The molecule has 0 saturated heterocycles. The molecule has 21 heavy (non-hydrogen) atoms. The summed E-state index contributed by atoms with van der Waals surface area (Å²) in [4.78, 5) is 0.287. The lowest BCUT2D eigenvalue weighted by Crippen LogP contribution is -2.30. The van der Waals surface area contributed by atoms with Gasteiger partial charge in [-0.15, -0.1) is 0 Å². The molecule has 3 N–H and O–H groups in total. The molecule has 4 nitrogen and oxygen atoms in total. The van der Waals surface area contributed by atoms with E-state index in [1.165, 1.54) is 31.0 Å². The zero-order valence-corrected chi connectivity index (χ0v) is 14.2. The maximum Gasteiger partial charge on any atom is 0.240 e. The van der Waals surface area contributed by atoms with Gasteiger partial charge in [0.1, 0.15) is 4.99 Å². The van der Waals surface area contributed by atoms with Gasteiger partial charge in [0.2, 0.25) is 10.0 Å². The van der Waals surface area contributed by atoms with Crippen molar-refractivity contribution in [1.29, 1.82) is 0 Å². The molecule has 1 saturated carbocycles. The molecule has 1 aliphatic carbocycles. The van der Waals surface area contributed by atoms with Crippen LogP contribution in [0.15, 0.2) is 23.1 Å². The lowest BCUT2D eigenvalue weighted by Gasteiger charge is -2.16. The highest BCUT2D eigenvalue weighted by Crippen LogP contribution is 2.31. The second-order valence-electron chi connectivity index (χ2n) is 5.53. The number of nitrogens with one attached hydrogen (secondary N) is 1. The summed E-state index contributed by atoms with van der Waals surface area (Å²) in [5, 5.41) is 0.250.